The van der Waals surface area contributed by atoms with E-state index >= 15 is 0 Å². The van der Waals surface area contributed by atoms with Crippen molar-refractivity contribution >= 4 is 45.0 Å². The fraction of sp³-hybridized carbons (Fsp3) is 0.367. The molecule has 0 N–H and O–H groups in total. The average Bonchev–Trinajstić information content (AvgIpc) is 3.24. The Hall–Kier alpha value is -3.17. The van der Waals surface area contributed by atoms with Gasteiger partial charge < -0.3 is 14.4 Å². The van der Waals surface area contributed by atoms with E-state index in [1.165, 1.54) is 11.3 Å². The number of hydrogen-bond donors (Lipinski definition) is 0. The molecule has 4 rings (SSSR count). The van der Waals surface area contributed by atoms with Gasteiger partial charge in [-0.05, 0) is 69.2 Å². The zero-order valence-corrected chi connectivity index (χ0v) is 25.4. The molecule has 0 spiro atoms. The number of anilines is 1. The zero-order chi connectivity index (χ0) is 28.1. The third kappa shape index (κ3) is 5.89. The molecule has 0 aliphatic carbocycles. The highest BCUT2D eigenvalue weighted by atomic mass is 79.9. The summed E-state index contributed by atoms with van der Waals surface area (Å²) in [5.41, 5.74) is 3.55. The van der Waals surface area contributed by atoms with E-state index in [9.17, 15) is 9.59 Å². The predicted molar refractivity (Wildman–Crippen MR) is 160 cm³/mol. The van der Waals surface area contributed by atoms with E-state index in [1.54, 1.807) is 18.6 Å². The van der Waals surface area contributed by atoms with E-state index in [4.69, 9.17) is 14.5 Å². The topological polar surface area (TPSA) is 73.1 Å². The summed E-state index contributed by atoms with van der Waals surface area (Å²) in [7, 11) is 1.58. The Morgan fingerprint density at radius 2 is 1.85 bits per heavy atom. The van der Waals surface area contributed by atoms with Crippen molar-refractivity contribution in [1.29, 1.82) is 0 Å². The van der Waals surface area contributed by atoms with Gasteiger partial charge in [0.25, 0.3) is 5.56 Å². The number of hydrogen-bond acceptors (Lipinski definition) is 7. The van der Waals surface area contributed by atoms with Gasteiger partial charge in [0.2, 0.25) is 0 Å². The van der Waals surface area contributed by atoms with E-state index in [0.29, 0.717) is 38.3 Å². The van der Waals surface area contributed by atoms with Crippen molar-refractivity contribution in [2.24, 2.45) is 4.99 Å². The molecule has 1 aromatic heterocycles. The predicted octanol–water partition coefficient (Wildman–Crippen LogP) is 5.20. The number of halogens is 1. The van der Waals surface area contributed by atoms with Crippen LogP contribution in [0.1, 0.15) is 57.7 Å². The van der Waals surface area contributed by atoms with Crippen LogP contribution in [0.4, 0.5) is 5.69 Å². The third-order valence-corrected chi connectivity index (χ3v) is 8.17. The first-order valence-electron chi connectivity index (χ1n) is 13.3. The standard InChI is InChI=1S/C30H34BrN3O4S/c1-6-10-23-26(29(36)38-9-4)27(22-18-20(31)13-16-24(22)37-5)34-28(35)25(39-30(34)32-23)17-19-11-14-21(15-12-19)33(7-2)8-3/h11-18,27H,6-10H2,1-5H3/b25-17+/t27-/m1/s1. The molecule has 0 radical (unpaired) electrons. The zero-order valence-electron chi connectivity index (χ0n) is 23.0. The molecule has 0 saturated heterocycles. The summed E-state index contributed by atoms with van der Waals surface area (Å²) in [5.74, 6) is 0.0994. The van der Waals surface area contributed by atoms with Gasteiger partial charge >= 0.3 is 5.97 Å². The van der Waals surface area contributed by atoms with Gasteiger partial charge in [-0.15, -0.1) is 0 Å². The SMILES string of the molecule is CCCC1=C(C(=O)OCC)[C@@H](c2cc(Br)ccc2OC)n2c(s/c(=C/c3ccc(N(CC)CC)cc3)c2=O)=N1. The number of nitrogens with zero attached hydrogens (tertiary/aromatic N) is 3. The molecule has 0 unspecified atom stereocenters. The summed E-state index contributed by atoms with van der Waals surface area (Å²) in [5, 5.41) is 0. The molecule has 206 valence electrons. The maximum absolute atomic E-state index is 14.0. The van der Waals surface area contributed by atoms with Crippen molar-refractivity contribution in [2.45, 2.75) is 46.6 Å². The molecule has 7 nitrogen and oxygen atoms in total. The smallest absolute Gasteiger partial charge is 0.338 e. The van der Waals surface area contributed by atoms with Crippen molar-refractivity contribution in [3.05, 3.63) is 89.0 Å². The average molecular weight is 613 g/mol. The minimum Gasteiger partial charge on any atom is -0.496 e. The quantitative estimate of drug-likeness (QED) is 0.295. The molecule has 1 aliphatic rings. The van der Waals surface area contributed by atoms with Gasteiger partial charge in [0, 0.05) is 28.8 Å². The monoisotopic (exact) mass is 611 g/mol. The van der Waals surface area contributed by atoms with Crippen LogP contribution in [0.5, 0.6) is 5.75 Å². The molecule has 1 aliphatic heterocycles. The van der Waals surface area contributed by atoms with Crippen LogP contribution in [0.25, 0.3) is 6.08 Å². The van der Waals surface area contributed by atoms with E-state index in [1.807, 2.05) is 43.3 Å². The van der Waals surface area contributed by atoms with Crippen molar-refractivity contribution < 1.29 is 14.3 Å². The number of rotatable bonds is 10. The second-order valence-corrected chi connectivity index (χ2v) is 11.0. The highest BCUT2D eigenvalue weighted by Gasteiger charge is 2.36. The number of esters is 1. The molecule has 39 heavy (non-hydrogen) atoms. The summed E-state index contributed by atoms with van der Waals surface area (Å²) in [6.07, 6.45) is 3.26. The Morgan fingerprint density at radius 3 is 2.46 bits per heavy atom. The molecule has 0 fully saturated rings. The van der Waals surface area contributed by atoms with E-state index in [2.05, 4.69) is 46.8 Å². The van der Waals surface area contributed by atoms with Crippen molar-refractivity contribution in [3.8, 4) is 5.75 Å². The van der Waals surface area contributed by atoms with Gasteiger partial charge in [-0.25, -0.2) is 9.79 Å². The van der Waals surface area contributed by atoms with Crippen LogP contribution in [-0.4, -0.2) is 37.3 Å². The lowest BCUT2D eigenvalue weighted by atomic mass is 9.93. The number of thiazole rings is 1. The van der Waals surface area contributed by atoms with Crippen LogP contribution < -0.4 is 24.5 Å². The number of fused-ring (bicyclic) bond motifs is 1. The minimum absolute atomic E-state index is 0.212. The van der Waals surface area contributed by atoms with E-state index in [-0.39, 0.29) is 12.2 Å². The van der Waals surface area contributed by atoms with Gasteiger partial charge in [0.05, 0.1) is 29.5 Å². The van der Waals surface area contributed by atoms with Crippen LogP contribution in [0.15, 0.2) is 68.0 Å². The van der Waals surface area contributed by atoms with Crippen LogP contribution in [0.2, 0.25) is 0 Å². The molecule has 9 heteroatoms. The lowest BCUT2D eigenvalue weighted by Gasteiger charge is -2.27. The molecule has 2 heterocycles. The first-order chi connectivity index (χ1) is 18.9. The van der Waals surface area contributed by atoms with E-state index < -0.39 is 12.0 Å². The van der Waals surface area contributed by atoms with E-state index in [0.717, 1.165) is 35.2 Å². The number of benzene rings is 2. The Bertz CT molecular complexity index is 1550. The second kappa shape index (κ2) is 12.8. The Labute approximate surface area is 241 Å². The second-order valence-electron chi connectivity index (χ2n) is 9.06. The first-order valence-corrected chi connectivity index (χ1v) is 14.9. The highest BCUT2D eigenvalue weighted by Crippen LogP contribution is 2.38. The number of aromatic nitrogens is 1. The van der Waals surface area contributed by atoms with Crippen molar-refractivity contribution in [1.82, 2.24) is 4.57 Å². The molecule has 0 saturated carbocycles. The maximum atomic E-state index is 14.0. The third-order valence-electron chi connectivity index (χ3n) is 6.70. The summed E-state index contributed by atoms with van der Waals surface area (Å²) < 4.78 is 14.1. The molecular formula is C30H34BrN3O4S. The van der Waals surface area contributed by atoms with Crippen LogP contribution in [0.3, 0.4) is 0 Å². The van der Waals surface area contributed by atoms with Gasteiger partial charge in [-0.2, -0.15) is 0 Å². The van der Waals surface area contributed by atoms with Crippen LogP contribution in [-0.2, 0) is 9.53 Å². The fourth-order valence-electron chi connectivity index (χ4n) is 4.86. The maximum Gasteiger partial charge on any atom is 0.338 e. The largest absolute Gasteiger partial charge is 0.496 e. The lowest BCUT2D eigenvalue weighted by Crippen LogP contribution is -2.40. The first kappa shape index (κ1) is 28.8. The normalized spacial score (nSPS) is 15.1. The Balaban J connectivity index is 1.95. The highest BCUT2D eigenvalue weighted by molar-refractivity contribution is 9.10. The van der Waals surface area contributed by atoms with Gasteiger partial charge in [-0.1, -0.05) is 52.7 Å². The summed E-state index contributed by atoms with van der Waals surface area (Å²) in [6, 6.07) is 13.0. The summed E-state index contributed by atoms with van der Waals surface area (Å²) >= 11 is 4.88. The Morgan fingerprint density at radius 1 is 1.13 bits per heavy atom. The Kier molecular flexibility index (Phi) is 9.45. The van der Waals surface area contributed by atoms with Gasteiger partial charge in [0.15, 0.2) is 4.80 Å². The number of allylic oxidation sites excluding steroid dienone is 1. The minimum atomic E-state index is -0.735. The number of methoxy groups -OCH3 is 1. The fourth-order valence-corrected chi connectivity index (χ4v) is 6.25. The number of carbonyl (C=O) groups is 1. The molecule has 0 bridgehead atoms. The van der Waals surface area contributed by atoms with Crippen LogP contribution >= 0.6 is 27.3 Å². The molecule has 3 aromatic rings. The summed E-state index contributed by atoms with van der Waals surface area (Å²) in [4.78, 5) is 35.0. The molecule has 1 atom stereocenters. The number of ether oxygens (including phenoxy) is 2. The summed E-state index contributed by atoms with van der Waals surface area (Å²) in [6.45, 7) is 10.1. The van der Waals surface area contributed by atoms with Gasteiger partial charge in [0.1, 0.15) is 11.8 Å². The van der Waals surface area contributed by atoms with Crippen LogP contribution in [0, 0.1) is 0 Å². The lowest BCUT2D eigenvalue weighted by molar-refractivity contribution is -0.139. The molecular weight excluding hydrogens is 578 g/mol. The van der Waals surface area contributed by atoms with Crippen molar-refractivity contribution in [2.75, 3.05) is 31.7 Å². The molecule has 2 aromatic carbocycles. The number of carbonyl (C=O) groups excluding carboxylic acids is 1. The molecule has 0 amide bonds. The van der Waals surface area contributed by atoms with Gasteiger partial charge in [-0.3, -0.25) is 9.36 Å². The van der Waals surface area contributed by atoms with Crippen molar-refractivity contribution in [3.63, 3.8) is 0 Å².